The molecule has 18 heavy (non-hydrogen) atoms. The van der Waals surface area contributed by atoms with Crippen LogP contribution in [0.5, 0.6) is 0 Å². The summed E-state index contributed by atoms with van der Waals surface area (Å²) in [6.45, 7) is 0. The minimum Gasteiger partial charge on any atom is -0.378 e. The zero-order valence-electron chi connectivity index (χ0n) is 9.22. The molecule has 1 atom stereocenters. The van der Waals surface area contributed by atoms with Gasteiger partial charge in [-0.05, 0) is 12.1 Å². The van der Waals surface area contributed by atoms with E-state index in [1.165, 1.54) is 0 Å². The van der Waals surface area contributed by atoms with Gasteiger partial charge in [-0.3, -0.25) is 9.59 Å². The molecule has 0 saturated carbocycles. The first-order valence-electron chi connectivity index (χ1n) is 5.15. The number of halogens is 1. The molecule has 2 amide bonds. The number of hydrogen-bond donors (Lipinski definition) is 2. The molecule has 2 rings (SSSR count). The third-order valence-electron chi connectivity index (χ3n) is 2.28. The Morgan fingerprint density at radius 2 is 2.22 bits per heavy atom. The maximum atomic E-state index is 12.0. The van der Waals surface area contributed by atoms with Gasteiger partial charge in [0, 0.05) is 0 Å². The van der Waals surface area contributed by atoms with Crippen molar-refractivity contribution in [3.8, 4) is 0 Å². The molecular weight excluding hydrogens is 274 g/mol. The van der Waals surface area contributed by atoms with Gasteiger partial charge in [-0.1, -0.05) is 35.5 Å². The summed E-state index contributed by atoms with van der Waals surface area (Å²) in [5, 5.41) is 2.66. The highest BCUT2D eigenvalue weighted by molar-refractivity contribution is 8.15. The van der Waals surface area contributed by atoms with Gasteiger partial charge in [0.15, 0.2) is 5.17 Å². The van der Waals surface area contributed by atoms with Crippen molar-refractivity contribution in [2.45, 2.75) is 11.7 Å². The zero-order valence-corrected chi connectivity index (χ0v) is 10.8. The first-order valence-corrected chi connectivity index (χ1v) is 6.41. The number of nitrogens with one attached hydrogen (secondary N) is 1. The molecule has 5 nitrogen and oxygen atoms in total. The summed E-state index contributed by atoms with van der Waals surface area (Å²) in [5.41, 5.74) is 5.98. The Hall–Kier alpha value is -1.53. The van der Waals surface area contributed by atoms with Crippen LogP contribution in [-0.2, 0) is 9.59 Å². The Balaban J connectivity index is 2.07. The fraction of sp³-hybridized carbons (Fsp3) is 0.182. The van der Waals surface area contributed by atoms with Crippen molar-refractivity contribution >= 4 is 46.0 Å². The molecule has 1 aromatic rings. The number of amidine groups is 1. The lowest BCUT2D eigenvalue weighted by molar-refractivity contribution is -0.121. The Kier molecular flexibility index (Phi) is 3.88. The molecule has 0 radical (unpaired) electrons. The quantitative estimate of drug-likeness (QED) is 0.864. The number of rotatable bonds is 2. The van der Waals surface area contributed by atoms with Gasteiger partial charge < -0.3 is 11.1 Å². The van der Waals surface area contributed by atoms with Crippen LogP contribution in [0.25, 0.3) is 0 Å². The van der Waals surface area contributed by atoms with Crippen molar-refractivity contribution in [1.82, 2.24) is 0 Å². The lowest BCUT2D eigenvalue weighted by atomic mass is 10.2. The van der Waals surface area contributed by atoms with Gasteiger partial charge in [-0.25, -0.2) is 0 Å². The average Bonchev–Trinajstić information content (AvgIpc) is 2.31. The van der Waals surface area contributed by atoms with E-state index >= 15 is 0 Å². The van der Waals surface area contributed by atoms with Gasteiger partial charge >= 0.3 is 0 Å². The van der Waals surface area contributed by atoms with E-state index in [-0.39, 0.29) is 23.4 Å². The number of benzene rings is 1. The van der Waals surface area contributed by atoms with Crippen molar-refractivity contribution in [3.05, 3.63) is 29.3 Å². The lowest BCUT2D eigenvalue weighted by Crippen LogP contribution is -2.33. The van der Waals surface area contributed by atoms with Crippen molar-refractivity contribution in [2.24, 2.45) is 10.7 Å². The Morgan fingerprint density at radius 1 is 1.50 bits per heavy atom. The highest BCUT2D eigenvalue weighted by Crippen LogP contribution is 2.25. The van der Waals surface area contributed by atoms with E-state index < -0.39 is 5.25 Å². The Morgan fingerprint density at radius 3 is 2.89 bits per heavy atom. The van der Waals surface area contributed by atoms with E-state index in [2.05, 4.69) is 10.3 Å². The molecule has 0 unspecified atom stereocenters. The zero-order chi connectivity index (χ0) is 13.1. The molecule has 1 aliphatic heterocycles. The number of amides is 2. The van der Waals surface area contributed by atoms with Gasteiger partial charge in [0.05, 0.1) is 17.1 Å². The molecule has 0 saturated heterocycles. The smallest absolute Gasteiger partial charge is 0.249 e. The maximum Gasteiger partial charge on any atom is 0.249 e. The molecule has 1 aromatic carbocycles. The first-order chi connectivity index (χ1) is 8.56. The summed E-state index contributed by atoms with van der Waals surface area (Å²) >= 11 is 7.00. The molecule has 0 fully saturated rings. The second-order valence-corrected chi connectivity index (χ2v) is 5.25. The Bertz CT molecular complexity index is 533. The SMILES string of the molecule is NC1=NC(=O)C[C@H](C(=O)Nc2ccccc2Cl)S1. The minimum atomic E-state index is -0.564. The topological polar surface area (TPSA) is 84.5 Å². The van der Waals surface area contributed by atoms with Crippen LogP contribution < -0.4 is 11.1 Å². The van der Waals surface area contributed by atoms with E-state index in [1.54, 1.807) is 24.3 Å². The average molecular weight is 284 g/mol. The molecule has 0 aliphatic carbocycles. The molecule has 0 aromatic heterocycles. The van der Waals surface area contributed by atoms with Crippen LogP contribution >= 0.6 is 23.4 Å². The van der Waals surface area contributed by atoms with Crippen LogP contribution in [0.15, 0.2) is 29.3 Å². The summed E-state index contributed by atoms with van der Waals surface area (Å²) in [6, 6.07) is 6.89. The number of carbonyl (C=O) groups is 2. The predicted molar refractivity (Wildman–Crippen MR) is 72.7 cm³/mol. The molecule has 7 heteroatoms. The molecule has 1 heterocycles. The molecule has 0 bridgehead atoms. The van der Waals surface area contributed by atoms with Crippen molar-refractivity contribution < 1.29 is 9.59 Å². The van der Waals surface area contributed by atoms with Crippen LogP contribution in [0.1, 0.15) is 6.42 Å². The molecule has 1 aliphatic rings. The van der Waals surface area contributed by atoms with E-state index in [9.17, 15) is 9.59 Å². The van der Waals surface area contributed by atoms with Crippen molar-refractivity contribution in [3.63, 3.8) is 0 Å². The van der Waals surface area contributed by atoms with Gasteiger partial charge in [0.2, 0.25) is 11.8 Å². The van der Waals surface area contributed by atoms with Crippen molar-refractivity contribution in [2.75, 3.05) is 5.32 Å². The van der Waals surface area contributed by atoms with Crippen LogP contribution in [0.2, 0.25) is 5.02 Å². The second-order valence-electron chi connectivity index (χ2n) is 3.62. The van der Waals surface area contributed by atoms with Crippen molar-refractivity contribution in [1.29, 1.82) is 0 Å². The predicted octanol–water partition coefficient (Wildman–Crippen LogP) is 1.63. The highest BCUT2D eigenvalue weighted by Gasteiger charge is 2.28. The molecule has 3 N–H and O–H groups in total. The molecule has 0 spiro atoms. The number of para-hydroxylation sites is 1. The van der Waals surface area contributed by atoms with E-state index in [4.69, 9.17) is 17.3 Å². The summed E-state index contributed by atoms with van der Waals surface area (Å²) in [5.74, 6) is -0.690. The van der Waals surface area contributed by atoms with Crippen LogP contribution in [0.4, 0.5) is 5.69 Å². The summed E-state index contributed by atoms with van der Waals surface area (Å²) in [7, 11) is 0. The van der Waals surface area contributed by atoms with Crippen LogP contribution in [0, 0.1) is 0 Å². The monoisotopic (exact) mass is 283 g/mol. The number of nitrogens with two attached hydrogens (primary N) is 1. The largest absolute Gasteiger partial charge is 0.378 e. The van der Waals surface area contributed by atoms with Crippen LogP contribution in [0.3, 0.4) is 0 Å². The van der Waals surface area contributed by atoms with Gasteiger partial charge in [-0.2, -0.15) is 4.99 Å². The Labute approximate surface area is 113 Å². The van der Waals surface area contributed by atoms with E-state index in [1.807, 2.05) is 0 Å². The third-order valence-corrected chi connectivity index (χ3v) is 3.61. The normalized spacial score (nSPS) is 19.3. The van der Waals surface area contributed by atoms with E-state index in [0.717, 1.165) is 11.8 Å². The summed E-state index contributed by atoms with van der Waals surface area (Å²) in [6.07, 6.45) is 0.0433. The van der Waals surface area contributed by atoms with Crippen LogP contribution in [-0.4, -0.2) is 22.2 Å². The third kappa shape index (κ3) is 3.02. The summed E-state index contributed by atoms with van der Waals surface area (Å²) < 4.78 is 0. The fourth-order valence-corrected chi connectivity index (χ4v) is 2.48. The van der Waals surface area contributed by atoms with Gasteiger partial charge in [-0.15, -0.1) is 0 Å². The van der Waals surface area contributed by atoms with Gasteiger partial charge in [0.25, 0.3) is 0 Å². The number of nitrogens with zero attached hydrogens (tertiary/aromatic N) is 1. The maximum absolute atomic E-state index is 12.0. The number of carbonyl (C=O) groups excluding carboxylic acids is 2. The van der Waals surface area contributed by atoms with Gasteiger partial charge in [0.1, 0.15) is 5.25 Å². The number of hydrogen-bond acceptors (Lipinski definition) is 4. The number of anilines is 1. The minimum absolute atomic E-state index is 0.0433. The number of thioether (sulfide) groups is 1. The second kappa shape index (κ2) is 5.41. The molecular formula is C11H10ClN3O2S. The molecule has 94 valence electrons. The standard InChI is InChI=1S/C11H10ClN3O2S/c12-6-3-1-2-4-7(6)14-10(17)8-5-9(16)15-11(13)18-8/h1-4,8H,5H2,(H,14,17)(H2,13,15,16)/t8-/m1/s1. The van der Waals surface area contributed by atoms with E-state index in [0.29, 0.717) is 10.7 Å². The number of aliphatic imine (C=N–C) groups is 1. The first kappa shape index (κ1) is 12.9. The highest BCUT2D eigenvalue weighted by atomic mass is 35.5. The fourth-order valence-electron chi connectivity index (χ4n) is 1.46. The summed E-state index contributed by atoms with van der Waals surface area (Å²) in [4.78, 5) is 26.7. The lowest BCUT2D eigenvalue weighted by Gasteiger charge is -2.18.